The Labute approximate surface area is 114 Å². The molecule has 5 heteroatoms. The van der Waals surface area contributed by atoms with Crippen LogP contribution in [-0.4, -0.2) is 36.0 Å². The van der Waals surface area contributed by atoms with Gasteiger partial charge in [-0.1, -0.05) is 17.7 Å². The van der Waals surface area contributed by atoms with Crippen LogP contribution in [0.4, 0.5) is 0 Å². The minimum Gasteiger partial charge on any atom is -0.323 e. The van der Waals surface area contributed by atoms with E-state index in [4.69, 9.17) is 4.55 Å². The molecule has 0 spiro atoms. The summed E-state index contributed by atoms with van der Waals surface area (Å²) in [7, 11) is -4.02. The largest absolute Gasteiger partial charge is 2.00 e. The van der Waals surface area contributed by atoms with Crippen molar-refractivity contribution in [2.24, 2.45) is 0 Å². The monoisotopic (exact) mass is 253 g/mol. The summed E-state index contributed by atoms with van der Waals surface area (Å²) in [4.78, 5) is -0.0666. The summed E-state index contributed by atoms with van der Waals surface area (Å²) >= 11 is 0. The van der Waals surface area contributed by atoms with E-state index in [1.54, 1.807) is 12.1 Å². The van der Waals surface area contributed by atoms with Crippen molar-refractivity contribution in [2.75, 3.05) is 0 Å². The average Bonchev–Trinajstić information content (AvgIpc) is 2.01. The van der Waals surface area contributed by atoms with Crippen LogP contribution in [-0.2, 0) is 10.1 Å². The van der Waals surface area contributed by atoms with Gasteiger partial charge in [0.05, 0.1) is 4.90 Å². The van der Waals surface area contributed by atoms with Gasteiger partial charge in [0.15, 0.2) is 0 Å². The van der Waals surface area contributed by atoms with Crippen molar-refractivity contribution in [3.63, 3.8) is 0 Å². The summed E-state index contributed by atoms with van der Waals surface area (Å²) in [6.45, 7) is 8.09. The van der Waals surface area contributed by atoms with Gasteiger partial charge in [0.2, 0.25) is 0 Å². The Morgan fingerprint density at radius 3 is 1.62 bits per heavy atom. The van der Waals surface area contributed by atoms with Crippen LogP contribution >= 0.6 is 0 Å². The van der Waals surface area contributed by atoms with E-state index >= 15 is 0 Å². The number of benzene rings is 1. The van der Waals surface area contributed by atoms with Crippen LogP contribution in [0.15, 0.2) is 29.2 Å². The molecule has 0 unspecified atom stereocenters. The van der Waals surface area contributed by atoms with Gasteiger partial charge in [0, 0.05) is 0 Å². The van der Waals surface area contributed by atoms with Gasteiger partial charge < -0.3 is 5.92 Å². The first-order valence-corrected chi connectivity index (χ1v) is 5.98. The summed E-state index contributed by atoms with van der Waals surface area (Å²) in [5.41, 5.74) is 0.956. The Morgan fingerprint density at radius 2 is 1.38 bits per heavy atom. The molecule has 0 bridgehead atoms. The predicted octanol–water partition coefficient (Wildman–Crippen LogP) is 2.48. The second-order valence-electron chi connectivity index (χ2n) is 3.79. The summed E-state index contributed by atoms with van der Waals surface area (Å²) in [5, 5.41) is 0. The van der Waals surface area contributed by atoms with Crippen molar-refractivity contribution < 1.29 is 13.0 Å². The molecular weight excluding hydrogens is 236 g/mol. The number of hydrogen-bond acceptors (Lipinski definition) is 2. The third-order valence-electron chi connectivity index (χ3n) is 1.32. The molecule has 3 nitrogen and oxygen atoms in total. The summed E-state index contributed by atoms with van der Waals surface area (Å²) < 4.78 is 29.6. The molecule has 0 heterocycles. The molecule has 0 saturated heterocycles. The van der Waals surface area contributed by atoms with Crippen LogP contribution in [0.25, 0.3) is 0 Å². The Morgan fingerprint density at radius 1 is 1.06 bits per heavy atom. The molecule has 1 N–H and O–H groups in total. The Hall–Kier alpha value is -0.104. The fourth-order valence-corrected chi connectivity index (χ4v) is 1.19. The van der Waals surface area contributed by atoms with Crippen molar-refractivity contribution >= 4 is 33.2 Å². The van der Waals surface area contributed by atoms with Crippen LogP contribution in [0.1, 0.15) is 26.3 Å². The van der Waals surface area contributed by atoms with Crippen LogP contribution in [0.2, 0.25) is 0 Å². The first-order valence-electron chi connectivity index (χ1n) is 4.54. The molecule has 1 aromatic rings. The molecule has 0 aliphatic rings. The van der Waals surface area contributed by atoms with E-state index in [0.29, 0.717) is 0 Å². The number of hydrogen-bond donors (Lipinski definition) is 1. The molecule has 0 aromatic heterocycles. The topological polar surface area (TPSA) is 54.4 Å². The maximum atomic E-state index is 10.5. The van der Waals surface area contributed by atoms with Gasteiger partial charge >= 0.3 is 23.1 Å². The minimum absolute atomic E-state index is 0. The summed E-state index contributed by atoms with van der Waals surface area (Å²) in [6.07, 6.45) is 0. The molecule has 0 aliphatic heterocycles. The molecule has 1 aromatic carbocycles. The molecule has 86 valence electrons. The molecule has 0 atom stereocenters. The van der Waals surface area contributed by atoms with Gasteiger partial charge in [-0.05, 0) is 19.1 Å². The van der Waals surface area contributed by atoms with E-state index < -0.39 is 10.1 Å². The van der Waals surface area contributed by atoms with Gasteiger partial charge in [-0.25, -0.2) is 0 Å². The third-order valence-corrected chi connectivity index (χ3v) is 2.19. The van der Waals surface area contributed by atoms with Crippen molar-refractivity contribution in [3.05, 3.63) is 35.7 Å². The van der Waals surface area contributed by atoms with Crippen LogP contribution in [0, 0.1) is 12.8 Å². The third kappa shape index (κ3) is 9.15. The van der Waals surface area contributed by atoms with Crippen molar-refractivity contribution in [2.45, 2.75) is 32.6 Å². The minimum atomic E-state index is -4.02. The molecule has 0 radical (unpaired) electrons. The average molecular weight is 254 g/mol. The first kappa shape index (κ1) is 18.3. The van der Waals surface area contributed by atoms with Crippen LogP contribution < -0.4 is 0 Å². The van der Waals surface area contributed by atoms with E-state index in [0.717, 1.165) is 5.56 Å². The van der Waals surface area contributed by atoms with Crippen LogP contribution in [0.5, 0.6) is 0 Å². The van der Waals surface area contributed by atoms with E-state index in [2.05, 4.69) is 20.8 Å². The molecule has 0 saturated carbocycles. The van der Waals surface area contributed by atoms with Gasteiger partial charge in [-0.2, -0.15) is 29.2 Å². The summed E-state index contributed by atoms with van der Waals surface area (Å²) in [5.74, 6) is 1.42. The first-order chi connectivity index (χ1) is 6.73. The maximum Gasteiger partial charge on any atom is 2.00 e. The van der Waals surface area contributed by atoms with Crippen molar-refractivity contribution in [1.82, 2.24) is 0 Å². The molecule has 16 heavy (non-hydrogen) atoms. The fourth-order valence-electron chi connectivity index (χ4n) is 0.710. The van der Waals surface area contributed by atoms with E-state index in [-0.39, 0.29) is 27.9 Å². The van der Waals surface area contributed by atoms with Gasteiger partial charge in [0.1, 0.15) is 0 Å². The van der Waals surface area contributed by atoms with Gasteiger partial charge in [-0.3, -0.25) is 4.55 Å². The zero-order chi connectivity index (χ0) is 12.1. The van der Waals surface area contributed by atoms with E-state index in [1.165, 1.54) is 18.1 Å². The quantitative estimate of drug-likeness (QED) is 0.475. The Kier molecular flexibility index (Phi) is 9.20. The van der Waals surface area contributed by atoms with Gasteiger partial charge in [0.25, 0.3) is 10.1 Å². The van der Waals surface area contributed by atoms with Crippen molar-refractivity contribution in [1.29, 1.82) is 0 Å². The van der Waals surface area contributed by atoms with E-state index in [9.17, 15) is 8.42 Å². The predicted molar refractivity (Wildman–Crippen MR) is 67.0 cm³/mol. The SMILES string of the molecule is C[C-](C)C.Cc1ccc(S(=O)(=O)O)cc1.[Mg+2]. The van der Waals surface area contributed by atoms with Gasteiger partial charge in [-0.15, -0.1) is 0 Å². The maximum absolute atomic E-state index is 10.5. The van der Waals surface area contributed by atoms with E-state index in [1.807, 2.05) is 6.92 Å². The standard InChI is InChI=1S/C7H8O3S.C4H9.Mg/c1-6-2-4-7(5-3-6)11(8,9)10;1-4(2)3;/h2-5H,1H3,(H,8,9,10);1-3H3;/q;-1;+2. The van der Waals surface area contributed by atoms with Crippen molar-refractivity contribution in [3.8, 4) is 0 Å². The second kappa shape index (κ2) is 8.06. The molecular formula is C11H17MgO3S+. The van der Waals surface area contributed by atoms with Crippen LogP contribution in [0.3, 0.4) is 0 Å². The smallest absolute Gasteiger partial charge is 0.323 e. The Bertz CT molecular complexity index is 379. The molecule has 0 amide bonds. The number of aryl methyl sites for hydroxylation is 1. The zero-order valence-corrected chi connectivity index (χ0v) is 12.4. The number of rotatable bonds is 1. The summed E-state index contributed by atoms with van der Waals surface area (Å²) in [6, 6.07) is 5.99. The molecule has 1 rings (SSSR count). The normalized spacial score (nSPS) is 10.1. The second-order valence-corrected chi connectivity index (χ2v) is 5.21. The molecule has 0 aliphatic carbocycles. The Balaban J connectivity index is 0. The molecule has 0 fully saturated rings. The zero-order valence-electron chi connectivity index (χ0n) is 10.2. The fraction of sp³-hybridized carbons (Fsp3) is 0.364.